The lowest BCUT2D eigenvalue weighted by Gasteiger charge is -2.17. The predicted octanol–water partition coefficient (Wildman–Crippen LogP) is 3.44. The average Bonchev–Trinajstić information content (AvgIpc) is 2.98. The molecule has 1 N–H and O–H groups in total. The summed E-state index contributed by atoms with van der Waals surface area (Å²) in [6.07, 6.45) is 0.249. The van der Waals surface area contributed by atoms with Crippen LogP contribution in [0.3, 0.4) is 0 Å². The SMILES string of the molecule is COc1ccc(CN2CC(C(=O)Nc3ccc(Br)cc3)CC2=O)cc1. The van der Waals surface area contributed by atoms with E-state index in [4.69, 9.17) is 4.74 Å². The third-order valence-corrected chi connectivity index (χ3v) is 4.76. The van der Waals surface area contributed by atoms with Crippen LogP contribution in [0.2, 0.25) is 0 Å². The Labute approximate surface area is 155 Å². The number of likely N-dealkylation sites (tertiary alicyclic amines) is 1. The van der Waals surface area contributed by atoms with E-state index in [0.717, 1.165) is 21.5 Å². The third-order valence-electron chi connectivity index (χ3n) is 4.23. The number of nitrogens with one attached hydrogen (secondary N) is 1. The van der Waals surface area contributed by atoms with Crippen LogP contribution in [-0.4, -0.2) is 30.4 Å². The molecule has 1 atom stereocenters. The maximum Gasteiger partial charge on any atom is 0.229 e. The van der Waals surface area contributed by atoms with Crippen LogP contribution in [0.5, 0.6) is 5.75 Å². The summed E-state index contributed by atoms with van der Waals surface area (Å²) in [6.45, 7) is 0.943. The van der Waals surface area contributed by atoms with Gasteiger partial charge in [-0.1, -0.05) is 28.1 Å². The summed E-state index contributed by atoms with van der Waals surface area (Å²) in [5.41, 5.74) is 1.75. The number of halogens is 1. The van der Waals surface area contributed by atoms with Crippen molar-refractivity contribution in [1.82, 2.24) is 4.90 Å². The normalized spacial score (nSPS) is 16.8. The molecule has 0 aromatic heterocycles. The number of carbonyl (C=O) groups is 2. The summed E-state index contributed by atoms with van der Waals surface area (Å²) >= 11 is 3.36. The maximum atomic E-state index is 12.4. The van der Waals surface area contributed by atoms with Gasteiger partial charge in [-0.3, -0.25) is 9.59 Å². The van der Waals surface area contributed by atoms with Gasteiger partial charge >= 0.3 is 0 Å². The van der Waals surface area contributed by atoms with Crippen molar-refractivity contribution in [2.75, 3.05) is 19.0 Å². The summed E-state index contributed by atoms with van der Waals surface area (Å²) in [7, 11) is 1.62. The summed E-state index contributed by atoms with van der Waals surface area (Å²) in [5.74, 6) is 0.345. The molecule has 1 aliphatic rings. The van der Waals surface area contributed by atoms with Crippen LogP contribution in [0, 0.1) is 5.92 Å². The van der Waals surface area contributed by atoms with E-state index in [1.54, 1.807) is 12.0 Å². The minimum atomic E-state index is -0.325. The first-order valence-electron chi connectivity index (χ1n) is 8.02. The van der Waals surface area contributed by atoms with Gasteiger partial charge in [0.25, 0.3) is 0 Å². The molecular formula is C19H19BrN2O3. The molecule has 25 heavy (non-hydrogen) atoms. The summed E-state index contributed by atoms with van der Waals surface area (Å²) in [4.78, 5) is 26.4. The van der Waals surface area contributed by atoms with Gasteiger partial charge < -0.3 is 15.0 Å². The second-order valence-corrected chi connectivity index (χ2v) is 6.94. The molecule has 3 rings (SSSR count). The monoisotopic (exact) mass is 402 g/mol. The number of ether oxygens (including phenoxy) is 1. The molecule has 5 nitrogen and oxygen atoms in total. The quantitative estimate of drug-likeness (QED) is 0.832. The third kappa shape index (κ3) is 4.39. The molecule has 0 aliphatic carbocycles. The zero-order valence-corrected chi connectivity index (χ0v) is 15.5. The minimum absolute atomic E-state index is 0.00627. The van der Waals surface area contributed by atoms with Crippen molar-refractivity contribution in [3.05, 3.63) is 58.6 Å². The first kappa shape index (κ1) is 17.5. The van der Waals surface area contributed by atoms with E-state index in [-0.39, 0.29) is 24.2 Å². The lowest BCUT2D eigenvalue weighted by molar-refractivity contribution is -0.128. The number of amides is 2. The van der Waals surface area contributed by atoms with Gasteiger partial charge in [0.15, 0.2) is 0 Å². The lowest BCUT2D eigenvalue weighted by Crippen LogP contribution is -2.28. The fourth-order valence-corrected chi connectivity index (χ4v) is 3.09. The van der Waals surface area contributed by atoms with Crippen LogP contribution < -0.4 is 10.1 Å². The summed E-state index contributed by atoms with van der Waals surface area (Å²) in [6, 6.07) is 15.0. The Morgan fingerprint density at radius 1 is 1.20 bits per heavy atom. The molecule has 0 saturated carbocycles. The van der Waals surface area contributed by atoms with Crippen molar-refractivity contribution in [1.29, 1.82) is 0 Å². The molecule has 0 radical (unpaired) electrons. The van der Waals surface area contributed by atoms with E-state index >= 15 is 0 Å². The van der Waals surface area contributed by atoms with E-state index < -0.39 is 0 Å². The van der Waals surface area contributed by atoms with E-state index in [0.29, 0.717) is 13.1 Å². The molecule has 1 aliphatic heterocycles. The van der Waals surface area contributed by atoms with Crippen LogP contribution in [-0.2, 0) is 16.1 Å². The van der Waals surface area contributed by atoms with Gasteiger partial charge in [-0.15, -0.1) is 0 Å². The number of benzene rings is 2. The molecule has 2 aromatic carbocycles. The van der Waals surface area contributed by atoms with Crippen LogP contribution in [0.1, 0.15) is 12.0 Å². The highest BCUT2D eigenvalue weighted by molar-refractivity contribution is 9.10. The molecular weight excluding hydrogens is 384 g/mol. The smallest absolute Gasteiger partial charge is 0.229 e. The Bertz CT molecular complexity index is 759. The number of hydrogen-bond acceptors (Lipinski definition) is 3. The standard InChI is InChI=1S/C19H19BrN2O3/c1-25-17-8-2-13(3-9-17)11-22-12-14(10-18(22)23)19(24)21-16-6-4-15(20)5-7-16/h2-9,14H,10-12H2,1H3,(H,21,24). The van der Waals surface area contributed by atoms with Crippen molar-refractivity contribution >= 4 is 33.4 Å². The van der Waals surface area contributed by atoms with Crippen LogP contribution in [0.15, 0.2) is 53.0 Å². The Morgan fingerprint density at radius 3 is 2.52 bits per heavy atom. The topological polar surface area (TPSA) is 58.6 Å². The molecule has 0 spiro atoms. The fourth-order valence-electron chi connectivity index (χ4n) is 2.83. The van der Waals surface area contributed by atoms with Crippen LogP contribution >= 0.6 is 15.9 Å². The molecule has 2 aromatic rings. The molecule has 2 amide bonds. The zero-order valence-electron chi connectivity index (χ0n) is 13.9. The second kappa shape index (κ2) is 7.70. The summed E-state index contributed by atoms with van der Waals surface area (Å²) < 4.78 is 6.09. The van der Waals surface area contributed by atoms with E-state index in [1.165, 1.54) is 0 Å². The molecule has 1 heterocycles. The van der Waals surface area contributed by atoms with Crippen LogP contribution in [0.4, 0.5) is 5.69 Å². The molecule has 1 saturated heterocycles. The molecule has 0 bridgehead atoms. The first-order valence-corrected chi connectivity index (χ1v) is 8.81. The number of hydrogen-bond donors (Lipinski definition) is 1. The molecule has 1 unspecified atom stereocenters. The largest absolute Gasteiger partial charge is 0.497 e. The average molecular weight is 403 g/mol. The molecule has 1 fully saturated rings. The van der Waals surface area contributed by atoms with Gasteiger partial charge in [0.2, 0.25) is 11.8 Å². The Balaban J connectivity index is 1.59. The van der Waals surface area contributed by atoms with Crippen molar-refractivity contribution in [2.45, 2.75) is 13.0 Å². The Morgan fingerprint density at radius 2 is 1.88 bits per heavy atom. The highest BCUT2D eigenvalue weighted by atomic mass is 79.9. The van der Waals surface area contributed by atoms with Gasteiger partial charge in [-0.25, -0.2) is 0 Å². The highest BCUT2D eigenvalue weighted by Gasteiger charge is 2.34. The minimum Gasteiger partial charge on any atom is -0.497 e. The van der Waals surface area contributed by atoms with Gasteiger partial charge in [0.1, 0.15) is 5.75 Å². The van der Waals surface area contributed by atoms with Crippen molar-refractivity contribution < 1.29 is 14.3 Å². The Hall–Kier alpha value is -2.34. The number of methoxy groups -OCH3 is 1. The van der Waals surface area contributed by atoms with Crippen molar-refractivity contribution in [2.24, 2.45) is 5.92 Å². The zero-order chi connectivity index (χ0) is 17.8. The lowest BCUT2D eigenvalue weighted by atomic mass is 10.1. The molecule has 6 heteroatoms. The van der Waals surface area contributed by atoms with Crippen molar-refractivity contribution in [3.8, 4) is 5.75 Å². The van der Waals surface area contributed by atoms with Crippen molar-refractivity contribution in [3.63, 3.8) is 0 Å². The number of carbonyl (C=O) groups excluding carboxylic acids is 2. The van der Waals surface area contributed by atoms with E-state index in [9.17, 15) is 9.59 Å². The fraction of sp³-hybridized carbons (Fsp3) is 0.263. The van der Waals surface area contributed by atoms with Gasteiger partial charge in [-0.2, -0.15) is 0 Å². The predicted molar refractivity (Wildman–Crippen MR) is 99.3 cm³/mol. The first-order chi connectivity index (χ1) is 12.0. The van der Waals surface area contributed by atoms with E-state index in [1.807, 2.05) is 48.5 Å². The van der Waals surface area contributed by atoms with Gasteiger partial charge in [0, 0.05) is 29.7 Å². The highest BCUT2D eigenvalue weighted by Crippen LogP contribution is 2.23. The van der Waals surface area contributed by atoms with E-state index in [2.05, 4.69) is 21.2 Å². The molecule has 130 valence electrons. The maximum absolute atomic E-state index is 12.4. The summed E-state index contributed by atoms with van der Waals surface area (Å²) in [5, 5.41) is 2.88. The van der Waals surface area contributed by atoms with Gasteiger partial charge in [-0.05, 0) is 42.0 Å². The van der Waals surface area contributed by atoms with Crippen LogP contribution in [0.25, 0.3) is 0 Å². The van der Waals surface area contributed by atoms with Gasteiger partial charge in [0.05, 0.1) is 13.0 Å². The number of rotatable bonds is 5. The number of nitrogens with zero attached hydrogens (tertiary/aromatic N) is 1. The Kier molecular flexibility index (Phi) is 5.38. The number of anilines is 1. The second-order valence-electron chi connectivity index (χ2n) is 6.02.